The van der Waals surface area contributed by atoms with Crippen LogP contribution in [0.1, 0.15) is 44.6 Å². The summed E-state index contributed by atoms with van der Waals surface area (Å²) < 4.78 is 49.5. The highest BCUT2D eigenvalue weighted by Gasteiger charge is 2.17. The number of rotatable bonds is 11. The van der Waals surface area contributed by atoms with E-state index in [0.29, 0.717) is 12.2 Å². The second-order valence-corrected chi connectivity index (χ2v) is 7.89. The third-order valence-electron chi connectivity index (χ3n) is 5.48. The first-order chi connectivity index (χ1) is 15.5. The summed E-state index contributed by atoms with van der Waals surface area (Å²) in [6.07, 6.45) is 7.76. The van der Waals surface area contributed by atoms with Gasteiger partial charge in [0.1, 0.15) is 5.82 Å². The fraction of sp³-hybridized carbons (Fsp3) is 0.286. The van der Waals surface area contributed by atoms with Crippen molar-refractivity contribution in [2.75, 3.05) is 6.61 Å². The topological polar surface area (TPSA) is 9.23 Å². The Kier molecular flexibility index (Phi) is 8.55. The van der Waals surface area contributed by atoms with Crippen LogP contribution < -0.4 is 4.74 Å². The first kappa shape index (κ1) is 23.6. The predicted molar refractivity (Wildman–Crippen MR) is 125 cm³/mol. The molecule has 0 aliphatic heterocycles. The molecular weight excluding hydrogens is 409 g/mol. The van der Waals surface area contributed by atoms with E-state index in [1.54, 1.807) is 12.1 Å². The third-order valence-corrected chi connectivity index (χ3v) is 5.48. The van der Waals surface area contributed by atoms with Crippen LogP contribution in [0.3, 0.4) is 0 Å². The molecule has 0 saturated heterocycles. The third kappa shape index (κ3) is 5.82. The van der Waals surface area contributed by atoms with Crippen molar-refractivity contribution in [1.29, 1.82) is 0 Å². The van der Waals surface area contributed by atoms with Gasteiger partial charge in [-0.05, 0) is 47.7 Å². The normalized spacial score (nSPS) is 10.9. The van der Waals surface area contributed by atoms with Gasteiger partial charge < -0.3 is 4.74 Å². The summed E-state index contributed by atoms with van der Waals surface area (Å²) in [7, 11) is 0. The number of halogens is 3. The van der Waals surface area contributed by atoms with E-state index in [4.69, 9.17) is 4.74 Å². The van der Waals surface area contributed by atoms with Crippen LogP contribution in [0.15, 0.2) is 67.3 Å². The monoisotopic (exact) mass is 438 g/mol. The van der Waals surface area contributed by atoms with Crippen LogP contribution >= 0.6 is 0 Å². The minimum atomic E-state index is -1.04. The molecule has 3 aromatic carbocycles. The van der Waals surface area contributed by atoms with Crippen molar-refractivity contribution in [2.24, 2.45) is 0 Å². The number of ether oxygens (including phenoxy) is 1. The zero-order valence-electron chi connectivity index (χ0n) is 18.5. The maximum absolute atomic E-state index is 14.8. The SMILES string of the molecule is C=CCc1ccc(-c2ccc(-c3ccc(OCCCCCCC)c(F)c3F)cc2F)cc1. The second kappa shape index (κ2) is 11.6. The molecule has 0 aromatic heterocycles. The van der Waals surface area contributed by atoms with Crippen LogP contribution in [0.2, 0.25) is 0 Å². The molecule has 0 fully saturated rings. The average molecular weight is 439 g/mol. The highest BCUT2D eigenvalue weighted by atomic mass is 19.2. The number of hydrogen-bond donors (Lipinski definition) is 0. The van der Waals surface area contributed by atoms with E-state index < -0.39 is 17.5 Å². The maximum Gasteiger partial charge on any atom is 0.201 e. The minimum Gasteiger partial charge on any atom is -0.490 e. The van der Waals surface area contributed by atoms with Gasteiger partial charge in [-0.2, -0.15) is 4.39 Å². The van der Waals surface area contributed by atoms with Gasteiger partial charge in [-0.25, -0.2) is 8.78 Å². The molecule has 0 aliphatic carbocycles. The highest BCUT2D eigenvalue weighted by molar-refractivity contribution is 5.72. The summed E-state index contributed by atoms with van der Waals surface area (Å²) in [5.74, 6) is -2.68. The van der Waals surface area contributed by atoms with Gasteiger partial charge in [-0.3, -0.25) is 0 Å². The zero-order valence-corrected chi connectivity index (χ0v) is 18.5. The summed E-state index contributed by atoms with van der Waals surface area (Å²) in [5.41, 5.74) is 2.49. The Labute approximate surface area is 188 Å². The van der Waals surface area contributed by atoms with Crippen molar-refractivity contribution in [3.8, 4) is 28.0 Å². The zero-order chi connectivity index (χ0) is 22.9. The van der Waals surface area contributed by atoms with Crippen LogP contribution in [0.25, 0.3) is 22.3 Å². The van der Waals surface area contributed by atoms with Crippen LogP contribution in [-0.2, 0) is 6.42 Å². The fourth-order valence-corrected chi connectivity index (χ4v) is 3.66. The van der Waals surface area contributed by atoms with Gasteiger partial charge in [-0.1, -0.05) is 75.1 Å². The number of allylic oxidation sites excluding steroid dienone is 1. The summed E-state index contributed by atoms with van der Waals surface area (Å²) in [6, 6.07) is 14.8. The molecule has 0 bridgehead atoms. The molecule has 0 amide bonds. The molecule has 0 unspecified atom stereocenters. The molecule has 3 rings (SSSR count). The van der Waals surface area contributed by atoms with Gasteiger partial charge in [0, 0.05) is 11.1 Å². The lowest BCUT2D eigenvalue weighted by molar-refractivity contribution is 0.285. The Balaban J connectivity index is 1.74. The average Bonchev–Trinajstić information content (AvgIpc) is 2.80. The summed E-state index contributed by atoms with van der Waals surface area (Å²) in [5, 5.41) is 0. The molecule has 0 saturated carbocycles. The smallest absolute Gasteiger partial charge is 0.201 e. The molecule has 168 valence electrons. The van der Waals surface area contributed by atoms with Crippen LogP contribution in [0.4, 0.5) is 13.2 Å². The number of unbranched alkanes of at least 4 members (excludes halogenated alkanes) is 4. The quantitative estimate of drug-likeness (QED) is 0.215. The van der Waals surface area contributed by atoms with Crippen molar-refractivity contribution < 1.29 is 17.9 Å². The molecular formula is C28H29F3O. The summed E-state index contributed by atoms with van der Waals surface area (Å²) in [6.45, 7) is 6.19. The van der Waals surface area contributed by atoms with Gasteiger partial charge in [0.2, 0.25) is 5.82 Å². The van der Waals surface area contributed by atoms with Crippen LogP contribution in [-0.4, -0.2) is 6.61 Å². The molecule has 4 heteroatoms. The Morgan fingerprint density at radius 2 is 1.47 bits per heavy atom. The molecule has 0 heterocycles. The van der Waals surface area contributed by atoms with Crippen LogP contribution in [0.5, 0.6) is 5.75 Å². The Morgan fingerprint density at radius 1 is 0.781 bits per heavy atom. The lowest BCUT2D eigenvalue weighted by atomic mass is 9.98. The highest BCUT2D eigenvalue weighted by Crippen LogP contribution is 2.33. The van der Waals surface area contributed by atoms with Crippen LogP contribution in [0, 0.1) is 17.5 Å². The van der Waals surface area contributed by atoms with E-state index in [-0.39, 0.29) is 16.9 Å². The number of benzene rings is 3. The largest absolute Gasteiger partial charge is 0.490 e. The lowest BCUT2D eigenvalue weighted by Gasteiger charge is -2.12. The minimum absolute atomic E-state index is 0.00424. The van der Waals surface area contributed by atoms with E-state index in [2.05, 4.69) is 13.5 Å². The van der Waals surface area contributed by atoms with Crippen molar-refractivity contribution in [2.45, 2.75) is 45.4 Å². The van der Waals surface area contributed by atoms with Crippen molar-refractivity contribution in [1.82, 2.24) is 0 Å². The van der Waals surface area contributed by atoms with E-state index in [1.165, 1.54) is 18.2 Å². The molecule has 1 nitrogen and oxygen atoms in total. The molecule has 0 atom stereocenters. The second-order valence-electron chi connectivity index (χ2n) is 7.89. The first-order valence-corrected chi connectivity index (χ1v) is 11.2. The Morgan fingerprint density at radius 3 is 2.16 bits per heavy atom. The standard InChI is InChI=1S/C28H29F3O/c1-3-5-6-7-8-18-32-26-17-16-24(27(30)28(26)31)22-14-15-23(25(29)19-22)21-12-10-20(9-4-2)11-13-21/h4,10-17,19H,2-3,5-9,18H2,1H3. The molecule has 0 N–H and O–H groups in total. The maximum atomic E-state index is 14.8. The Bertz CT molecular complexity index is 1040. The molecule has 0 radical (unpaired) electrons. The predicted octanol–water partition coefficient (Wildman–Crippen LogP) is 8.52. The van der Waals surface area contributed by atoms with Crippen molar-refractivity contribution in [3.05, 3.63) is 90.3 Å². The van der Waals surface area contributed by atoms with Gasteiger partial charge in [0.25, 0.3) is 0 Å². The van der Waals surface area contributed by atoms with Gasteiger partial charge in [0.05, 0.1) is 6.61 Å². The molecule has 0 spiro atoms. The van der Waals surface area contributed by atoms with E-state index >= 15 is 0 Å². The van der Waals surface area contributed by atoms with Gasteiger partial charge in [0.15, 0.2) is 11.6 Å². The van der Waals surface area contributed by atoms with E-state index in [0.717, 1.165) is 49.7 Å². The molecule has 0 aliphatic rings. The molecule has 3 aromatic rings. The fourth-order valence-electron chi connectivity index (χ4n) is 3.66. The lowest BCUT2D eigenvalue weighted by Crippen LogP contribution is -2.02. The first-order valence-electron chi connectivity index (χ1n) is 11.2. The summed E-state index contributed by atoms with van der Waals surface area (Å²) in [4.78, 5) is 0. The molecule has 32 heavy (non-hydrogen) atoms. The van der Waals surface area contributed by atoms with E-state index in [1.807, 2.05) is 30.3 Å². The van der Waals surface area contributed by atoms with Crippen molar-refractivity contribution in [3.63, 3.8) is 0 Å². The Hall–Kier alpha value is -3.01. The van der Waals surface area contributed by atoms with Gasteiger partial charge >= 0.3 is 0 Å². The number of hydrogen-bond acceptors (Lipinski definition) is 1. The van der Waals surface area contributed by atoms with E-state index in [9.17, 15) is 13.2 Å². The van der Waals surface area contributed by atoms with Crippen molar-refractivity contribution >= 4 is 0 Å². The summed E-state index contributed by atoms with van der Waals surface area (Å²) >= 11 is 0. The van der Waals surface area contributed by atoms with Gasteiger partial charge in [-0.15, -0.1) is 6.58 Å².